The van der Waals surface area contributed by atoms with E-state index in [-0.39, 0.29) is 17.6 Å². The van der Waals surface area contributed by atoms with E-state index in [1.54, 1.807) is 54.6 Å². The van der Waals surface area contributed by atoms with Gasteiger partial charge in [0.1, 0.15) is 5.75 Å². The van der Waals surface area contributed by atoms with Gasteiger partial charge in [0.2, 0.25) is 0 Å². The van der Waals surface area contributed by atoms with Crippen molar-refractivity contribution in [1.82, 2.24) is 0 Å². The first-order chi connectivity index (χ1) is 17.1. The zero-order valence-electron chi connectivity index (χ0n) is 19.3. The van der Waals surface area contributed by atoms with E-state index in [2.05, 4.69) is 11.4 Å². The predicted octanol–water partition coefficient (Wildman–Crippen LogP) is 6.29. The lowest BCUT2D eigenvalue weighted by atomic mass is 9.99. The number of nitrogens with zero attached hydrogens (tertiary/aromatic N) is 1. The summed E-state index contributed by atoms with van der Waals surface area (Å²) in [4.78, 5) is 28.3. The molecule has 0 saturated carbocycles. The number of aromatic hydroxyl groups is 1. The third-order valence-corrected chi connectivity index (χ3v) is 6.35. The van der Waals surface area contributed by atoms with Crippen molar-refractivity contribution in [1.29, 1.82) is 0 Å². The molecule has 1 aliphatic rings. The van der Waals surface area contributed by atoms with Crippen LogP contribution in [0.4, 0.5) is 11.4 Å². The van der Waals surface area contributed by atoms with Crippen molar-refractivity contribution in [2.24, 2.45) is 0 Å². The number of para-hydroxylation sites is 1. The average Bonchev–Trinajstić information content (AvgIpc) is 3.12. The molecular formula is C30H26N2O3. The monoisotopic (exact) mass is 462 g/mol. The minimum atomic E-state index is -0.241. The Morgan fingerprint density at radius 2 is 1.49 bits per heavy atom. The van der Waals surface area contributed by atoms with E-state index in [0.717, 1.165) is 36.1 Å². The summed E-state index contributed by atoms with van der Waals surface area (Å²) in [6.45, 7) is 0.697. The quantitative estimate of drug-likeness (QED) is 0.374. The topological polar surface area (TPSA) is 69.6 Å². The fraction of sp³-hybridized carbons (Fsp3) is 0.133. The SMILES string of the molecule is O=C(Nc1ccc(C(=O)N2CCCCc3ccccc32)cc1)c1ccccc1-c1ccc(O)cc1. The fourth-order valence-corrected chi connectivity index (χ4v) is 4.53. The van der Waals surface area contributed by atoms with Gasteiger partial charge in [0.25, 0.3) is 11.8 Å². The van der Waals surface area contributed by atoms with Gasteiger partial charge in [-0.15, -0.1) is 0 Å². The van der Waals surface area contributed by atoms with E-state index < -0.39 is 0 Å². The highest BCUT2D eigenvalue weighted by Crippen LogP contribution is 2.29. The zero-order chi connectivity index (χ0) is 24.2. The highest BCUT2D eigenvalue weighted by Gasteiger charge is 2.22. The fourth-order valence-electron chi connectivity index (χ4n) is 4.53. The Balaban J connectivity index is 1.34. The van der Waals surface area contributed by atoms with Gasteiger partial charge < -0.3 is 15.3 Å². The van der Waals surface area contributed by atoms with Crippen molar-refractivity contribution in [2.75, 3.05) is 16.8 Å². The highest BCUT2D eigenvalue weighted by atomic mass is 16.3. The molecule has 4 aromatic rings. The van der Waals surface area contributed by atoms with Crippen LogP contribution in [0.2, 0.25) is 0 Å². The molecule has 0 aromatic heterocycles. The van der Waals surface area contributed by atoms with Crippen molar-refractivity contribution in [3.63, 3.8) is 0 Å². The smallest absolute Gasteiger partial charge is 0.258 e. The number of phenols is 1. The van der Waals surface area contributed by atoms with Gasteiger partial charge >= 0.3 is 0 Å². The third-order valence-electron chi connectivity index (χ3n) is 6.35. The largest absolute Gasteiger partial charge is 0.508 e. The Kier molecular flexibility index (Phi) is 6.31. The summed E-state index contributed by atoms with van der Waals surface area (Å²) in [5, 5.41) is 12.5. The molecule has 5 rings (SSSR count). The lowest BCUT2D eigenvalue weighted by Crippen LogP contribution is -2.31. The van der Waals surface area contributed by atoms with Crippen LogP contribution in [0.5, 0.6) is 5.75 Å². The number of benzene rings is 4. The van der Waals surface area contributed by atoms with Crippen molar-refractivity contribution in [2.45, 2.75) is 19.3 Å². The van der Waals surface area contributed by atoms with Gasteiger partial charge in [0.15, 0.2) is 0 Å². The van der Waals surface area contributed by atoms with Crippen LogP contribution in [0.3, 0.4) is 0 Å². The van der Waals surface area contributed by atoms with E-state index in [1.807, 2.05) is 41.3 Å². The second-order valence-electron chi connectivity index (χ2n) is 8.67. The van der Waals surface area contributed by atoms with Crippen LogP contribution >= 0.6 is 0 Å². The molecule has 35 heavy (non-hydrogen) atoms. The minimum absolute atomic E-state index is 0.0325. The van der Waals surface area contributed by atoms with Crippen LogP contribution in [-0.4, -0.2) is 23.5 Å². The highest BCUT2D eigenvalue weighted by molar-refractivity contribution is 6.09. The number of phenolic OH excluding ortho intramolecular Hbond substituents is 1. The first-order valence-corrected chi connectivity index (χ1v) is 11.8. The third kappa shape index (κ3) is 4.80. The number of amides is 2. The Labute approximate surface area is 204 Å². The van der Waals surface area contributed by atoms with Crippen LogP contribution in [0, 0.1) is 0 Å². The molecule has 0 bridgehead atoms. The summed E-state index contributed by atoms with van der Waals surface area (Å²) in [6.07, 6.45) is 3.02. The van der Waals surface area contributed by atoms with Crippen molar-refractivity contribution in [3.05, 3.63) is 114 Å². The second-order valence-corrected chi connectivity index (χ2v) is 8.67. The Bertz CT molecular complexity index is 1360. The molecule has 0 spiro atoms. The average molecular weight is 463 g/mol. The molecule has 0 fully saturated rings. The zero-order valence-corrected chi connectivity index (χ0v) is 19.3. The number of rotatable bonds is 4. The first kappa shape index (κ1) is 22.4. The van der Waals surface area contributed by atoms with Gasteiger partial charge in [-0.1, -0.05) is 48.5 Å². The van der Waals surface area contributed by atoms with Gasteiger partial charge in [0, 0.05) is 29.0 Å². The molecular weight excluding hydrogens is 436 g/mol. The number of carbonyl (C=O) groups is 2. The van der Waals surface area contributed by atoms with E-state index in [0.29, 0.717) is 23.4 Å². The summed E-state index contributed by atoms with van der Waals surface area (Å²) >= 11 is 0. The van der Waals surface area contributed by atoms with Gasteiger partial charge in [-0.05, 0) is 84.5 Å². The van der Waals surface area contributed by atoms with Crippen molar-refractivity contribution >= 4 is 23.2 Å². The van der Waals surface area contributed by atoms with Crippen molar-refractivity contribution in [3.8, 4) is 16.9 Å². The number of aryl methyl sites for hydroxylation is 1. The maximum Gasteiger partial charge on any atom is 0.258 e. The number of fused-ring (bicyclic) bond motifs is 1. The Morgan fingerprint density at radius 1 is 0.771 bits per heavy atom. The number of anilines is 2. The molecule has 1 heterocycles. The summed E-state index contributed by atoms with van der Waals surface area (Å²) in [6, 6.07) is 29.2. The molecule has 0 atom stereocenters. The molecule has 174 valence electrons. The minimum Gasteiger partial charge on any atom is -0.508 e. The maximum atomic E-state index is 13.3. The van der Waals surface area contributed by atoms with Crippen LogP contribution < -0.4 is 10.2 Å². The molecule has 5 heteroatoms. The predicted molar refractivity (Wildman–Crippen MR) is 139 cm³/mol. The summed E-state index contributed by atoms with van der Waals surface area (Å²) in [5.74, 6) is -0.0990. The van der Waals surface area contributed by atoms with E-state index >= 15 is 0 Å². The maximum absolute atomic E-state index is 13.3. The molecule has 0 aliphatic carbocycles. The standard InChI is InChI=1S/C30H26N2O3/c33-25-18-14-21(15-19-25)26-9-2-3-10-27(26)29(34)31-24-16-12-23(13-17-24)30(35)32-20-6-5-8-22-7-1-4-11-28(22)32/h1-4,7,9-19,33H,5-6,8,20H2,(H,31,34). The Hall–Kier alpha value is -4.38. The summed E-state index contributed by atoms with van der Waals surface area (Å²) in [5.41, 5.74) is 5.53. The van der Waals surface area contributed by atoms with Crippen LogP contribution in [-0.2, 0) is 6.42 Å². The second kappa shape index (κ2) is 9.85. The van der Waals surface area contributed by atoms with Crippen LogP contribution in [0.15, 0.2) is 97.1 Å². The van der Waals surface area contributed by atoms with E-state index in [9.17, 15) is 14.7 Å². The molecule has 1 aliphatic heterocycles. The van der Waals surface area contributed by atoms with Crippen molar-refractivity contribution < 1.29 is 14.7 Å². The molecule has 0 radical (unpaired) electrons. The first-order valence-electron chi connectivity index (χ1n) is 11.8. The summed E-state index contributed by atoms with van der Waals surface area (Å²) in [7, 11) is 0. The van der Waals surface area contributed by atoms with E-state index in [4.69, 9.17) is 0 Å². The number of carbonyl (C=O) groups excluding carboxylic acids is 2. The molecule has 2 amide bonds. The van der Waals surface area contributed by atoms with Gasteiger partial charge in [-0.2, -0.15) is 0 Å². The van der Waals surface area contributed by atoms with Gasteiger partial charge in [-0.3, -0.25) is 9.59 Å². The van der Waals surface area contributed by atoms with Gasteiger partial charge in [0.05, 0.1) is 0 Å². The van der Waals surface area contributed by atoms with E-state index in [1.165, 1.54) is 5.56 Å². The molecule has 0 saturated heterocycles. The number of nitrogens with one attached hydrogen (secondary N) is 1. The number of hydrogen-bond acceptors (Lipinski definition) is 3. The lowest BCUT2D eigenvalue weighted by molar-refractivity contribution is 0.0985. The Morgan fingerprint density at radius 3 is 2.29 bits per heavy atom. The van der Waals surface area contributed by atoms with Crippen LogP contribution in [0.1, 0.15) is 39.1 Å². The lowest BCUT2D eigenvalue weighted by Gasteiger charge is -2.23. The molecule has 0 unspecified atom stereocenters. The summed E-state index contributed by atoms with van der Waals surface area (Å²) < 4.78 is 0. The molecule has 4 aromatic carbocycles. The number of hydrogen-bond donors (Lipinski definition) is 2. The normalized spacial score (nSPS) is 13.0. The molecule has 5 nitrogen and oxygen atoms in total. The molecule has 2 N–H and O–H groups in total. The van der Waals surface area contributed by atoms with Crippen LogP contribution in [0.25, 0.3) is 11.1 Å². The van der Waals surface area contributed by atoms with Gasteiger partial charge in [-0.25, -0.2) is 0 Å².